The number of ether oxygens (including phenoxy) is 1. The molecule has 3 heteroatoms. The van der Waals surface area contributed by atoms with Gasteiger partial charge in [0.05, 0.1) is 12.8 Å². The topological polar surface area (TPSA) is 22.1 Å². The molecule has 1 aromatic carbocycles. The first-order valence-electron chi connectivity index (χ1n) is 4.57. The maximum absolute atomic E-state index is 13.8. The van der Waals surface area contributed by atoms with Crippen molar-refractivity contribution in [1.29, 1.82) is 0 Å². The summed E-state index contributed by atoms with van der Waals surface area (Å²) in [6.07, 6.45) is 1.63. The minimum Gasteiger partial charge on any atom is -0.494 e. The first-order valence-corrected chi connectivity index (χ1v) is 4.57. The predicted molar refractivity (Wildman–Crippen MR) is 56.2 cm³/mol. The summed E-state index contributed by atoms with van der Waals surface area (Å²) < 4.78 is 18.7. The molecule has 0 aliphatic heterocycles. The number of pyridine rings is 1. The summed E-state index contributed by atoms with van der Waals surface area (Å²) in [5, 5.41) is 0. The summed E-state index contributed by atoms with van der Waals surface area (Å²) in [5.41, 5.74) is 1.06. The summed E-state index contributed by atoms with van der Waals surface area (Å²) in [6.45, 7) is 0. The molecule has 1 heterocycles. The van der Waals surface area contributed by atoms with E-state index in [9.17, 15) is 4.39 Å². The lowest BCUT2D eigenvalue weighted by Gasteiger charge is -2.06. The highest BCUT2D eigenvalue weighted by Gasteiger charge is 2.10. The fourth-order valence-electron chi connectivity index (χ4n) is 1.39. The first-order chi connectivity index (χ1) is 7.33. The van der Waals surface area contributed by atoms with Gasteiger partial charge in [-0.3, -0.25) is 4.98 Å². The van der Waals surface area contributed by atoms with Crippen molar-refractivity contribution in [2.75, 3.05) is 7.11 Å². The lowest BCUT2D eigenvalue weighted by molar-refractivity contribution is 0.387. The molecule has 1 aromatic heterocycles. The standard InChI is InChI=1S/C12H10FNO/c1-15-11-7-4-5-9(12(11)13)10-6-2-3-8-14-10/h2-8H,1H3. The van der Waals surface area contributed by atoms with Gasteiger partial charge in [0.25, 0.3) is 0 Å². The Labute approximate surface area is 87.4 Å². The van der Waals surface area contributed by atoms with E-state index in [4.69, 9.17) is 4.74 Å². The Morgan fingerprint density at radius 2 is 2.00 bits per heavy atom. The van der Waals surface area contributed by atoms with Crippen molar-refractivity contribution in [3.63, 3.8) is 0 Å². The number of hydrogen-bond acceptors (Lipinski definition) is 2. The second kappa shape index (κ2) is 4.09. The smallest absolute Gasteiger partial charge is 0.174 e. The summed E-state index contributed by atoms with van der Waals surface area (Å²) in [5.74, 6) is -0.142. The van der Waals surface area contributed by atoms with Gasteiger partial charge in [0.2, 0.25) is 0 Å². The molecule has 76 valence electrons. The van der Waals surface area contributed by atoms with E-state index in [1.807, 2.05) is 6.07 Å². The quantitative estimate of drug-likeness (QED) is 0.748. The van der Waals surface area contributed by atoms with E-state index in [-0.39, 0.29) is 11.6 Å². The molecule has 0 amide bonds. The van der Waals surface area contributed by atoms with Gasteiger partial charge in [-0.15, -0.1) is 0 Å². The molecule has 2 nitrogen and oxygen atoms in total. The van der Waals surface area contributed by atoms with Crippen molar-refractivity contribution in [2.45, 2.75) is 0 Å². The highest BCUT2D eigenvalue weighted by atomic mass is 19.1. The van der Waals surface area contributed by atoms with Gasteiger partial charge in [0.15, 0.2) is 11.6 Å². The zero-order chi connectivity index (χ0) is 10.7. The lowest BCUT2D eigenvalue weighted by atomic mass is 10.1. The second-order valence-corrected chi connectivity index (χ2v) is 3.04. The van der Waals surface area contributed by atoms with Crippen LogP contribution in [0.3, 0.4) is 0 Å². The number of methoxy groups -OCH3 is 1. The summed E-state index contributed by atoms with van der Waals surface area (Å²) >= 11 is 0. The van der Waals surface area contributed by atoms with Gasteiger partial charge in [-0.2, -0.15) is 0 Å². The van der Waals surface area contributed by atoms with Gasteiger partial charge in [0, 0.05) is 11.8 Å². The van der Waals surface area contributed by atoms with Crippen molar-refractivity contribution >= 4 is 0 Å². The SMILES string of the molecule is COc1cccc(-c2ccccn2)c1F. The second-order valence-electron chi connectivity index (χ2n) is 3.04. The normalized spacial score (nSPS) is 10.0. The Hall–Kier alpha value is -1.90. The van der Waals surface area contributed by atoms with E-state index in [1.165, 1.54) is 7.11 Å². The van der Waals surface area contributed by atoms with Gasteiger partial charge in [0.1, 0.15) is 0 Å². The number of benzene rings is 1. The Morgan fingerprint density at radius 3 is 2.67 bits per heavy atom. The molecule has 0 N–H and O–H groups in total. The highest BCUT2D eigenvalue weighted by molar-refractivity contribution is 5.61. The molecule has 0 atom stereocenters. The van der Waals surface area contributed by atoms with Crippen molar-refractivity contribution in [3.05, 3.63) is 48.4 Å². The molecule has 2 aromatic rings. The largest absolute Gasteiger partial charge is 0.494 e. The van der Waals surface area contributed by atoms with Crippen molar-refractivity contribution in [2.24, 2.45) is 0 Å². The first kappa shape index (κ1) is 9.65. The zero-order valence-electron chi connectivity index (χ0n) is 8.27. The van der Waals surface area contributed by atoms with Crippen LogP contribution in [0.5, 0.6) is 5.75 Å². The number of hydrogen-bond donors (Lipinski definition) is 0. The van der Waals surface area contributed by atoms with Crippen LogP contribution in [0.25, 0.3) is 11.3 Å². The van der Waals surface area contributed by atoms with Crippen LogP contribution in [-0.2, 0) is 0 Å². The summed E-state index contributed by atoms with van der Waals surface area (Å²) in [6, 6.07) is 10.4. The van der Waals surface area contributed by atoms with E-state index in [1.54, 1.807) is 36.5 Å². The fourth-order valence-corrected chi connectivity index (χ4v) is 1.39. The van der Waals surface area contributed by atoms with E-state index >= 15 is 0 Å². The third kappa shape index (κ3) is 1.81. The molecule has 2 rings (SSSR count). The molecule has 15 heavy (non-hydrogen) atoms. The molecule has 0 bridgehead atoms. The van der Waals surface area contributed by atoms with Gasteiger partial charge >= 0.3 is 0 Å². The van der Waals surface area contributed by atoms with Crippen LogP contribution in [0.15, 0.2) is 42.6 Å². The molecular formula is C12H10FNO. The molecule has 0 aliphatic carbocycles. The molecule has 0 saturated carbocycles. The van der Waals surface area contributed by atoms with Crippen LogP contribution < -0.4 is 4.74 Å². The van der Waals surface area contributed by atoms with E-state index in [0.29, 0.717) is 11.3 Å². The molecule has 0 saturated heterocycles. The predicted octanol–water partition coefficient (Wildman–Crippen LogP) is 2.90. The van der Waals surface area contributed by atoms with Gasteiger partial charge < -0.3 is 4.74 Å². The highest BCUT2D eigenvalue weighted by Crippen LogP contribution is 2.27. The third-order valence-corrected chi connectivity index (χ3v) is 2.12. The monoisotopic (exact) mass is 203 g/mol. The number of aromatic nitrogens is 1. The molecule has 0 radical (unpaired) electrons. The average molecular weight is 203 g/mol. The Bertz CT molecular complexity index is 456. The average Bonchev–Trinajstić information content (AvgIpc) is 2.30. The van der Waals surface area contributed by atoms with E-state index in [0.717, 1.165) is 0 Å². The number of rotatable bonds is 2. The van der Waals surface area contributed by atoms with Crippen LogP contribution >= 0.6 is 0 Å². The zero-order valence-corrected chi connectivity index (χ0v) is 8.27. The maximum Gasteiger partial charge on any atom is 0.174 e. The van der Waals surface area contributed by atoms with E-state index in [2.05, 4.69) is 4.98 Å². The molecular weight excluding hydrogens is 193 g/mol. The lowest BCUT2D eigenvalue weighted by Crippen LogP contribution is -1.92. The van der Waals surface area contributed by atoms with Crippen LogP contribution in [0.2, 0.25) is 0 Å². The van der Waals surface area contributed by atoms with Crippen molar-refractivity contribution in [3.8, 4) is 17.0 Å². The number of nitrogens with zero attached hydrogens (tertiary/aromatic N) is 1. The fraction of sp³-hybridized carbons (Fsp3) is 0.0833. The summed E-state index contributed by atoms with van der Waals surface area (Å²) in [7, 11) is 1.45. The van der Waals surface area contributed by atoms with Gasteiger partial charge in [-0.05, 0) is 24.3 Å². The van der Waals surface area contributed by atoms with Crippen LogP contribution in [-0.4, -0.2) is 12.1 Å². The number of halogens is 1. The Morgan fingerprint density at radius 1 is 1.13 bits per heavy atom. The van der Waals surface area contributed by atoms with Crippen molar-refractivity contribution < 1.29 is 9.13 Å². The Balaban J connectivity index is 2.54. The molecule has 0 fully saturated rings. The van der Waals surface area contributed by atoms with Crippen LogP contribution in [0.4, 0.5) is 4.39 Å². The third-order valence-electron chi connectivity index (χ3n) is 2.12. The molecule has 0 spiro atoms. The maximum atomic E-state index is 13.8. The molecule has 0 aliphatic rings. The minimum absolute atomic E-state index is 0.234. The molecule has 0 unspecified atom stereocenters. The van der Waals surface area contributed by atoms with Gasteiger partial charge in [-0.1, -0.05) is 12.1 Å². The Kier molecular flexibility index (Phi) is 2.63. The van der Waals surface area contributed by atoms with Crippen molar-refractivity contribution in [1.82, 2.24) is 4.98 Å². The summed E-state index contributed by atoms with van der Waals surface area (Å²) in [4.78, 5) is 4.09. The van der Waals surface area contributed by atoms with Crippen LogP contribution in [0, 0.1) is 5.82 Å². The van der Waals surface area contributed by atoms with Gasteiger partial charge in [-0.25, -0.2) is 4.39 Å². The van der Waals surface area contributed by atoms with E-state index < -0.39 is 0 Å². The van der Waals surface area contributed by atoms with Crippen LogP contribution in [0.1, 0.15) is 0 Å². The minimum atomic E-state index is -0.376.